The highest BCUT2D eigenvalue weighted by Gasteiger charge is 2.32. The first-order chi connectivity index (χ1) is 13.3. The molecular weight excluding hydrogens is 390 g/mol. The van der Waals surface area contributed by atoms with Crippen molar-refractivity contribution in [2.45, 2.75) is 11.4 Å². The van der Waals surface area contributed by atoms with Crippen LogP contribution in [-0.2, 0) is 21.3 Å². The standard InChI is InChI=1S/C19H20F2N2O4S/c1-27-19(24)15-4-2-3-14(11-15)13-22-7-9-23(10-8-22)28(25,26)18-12-16(20)5-6-17(18)21/h2-6,11-12H,7-10,13H2,1H3/p+1. The fourth-order valence-corrected chi connectivity index (χ4v) is 4.77. The summed E-state index contributed by atoms with van der Waals surface area (Å²) in [6.07, 6.45) is 0. The largest absolute Gasteiger partial charge is 0.465 e. The van der Waals surface area contributed by atoms with Gasteiger partial charge in [-0.2, -0.15) is 4.31 Å². The summed E-state index contributed by atoms with van der Waals surface area (Å²) in [5, 5.41) is 0. The van der Waals surface area contributed by atoms with Crippen molar-refractivity contribution in [3.63, 3.8) is 0 Å². The molecule has 1 fully saturated rings. The fourth-order valence-electron chi connectivity index (χ4n) is 3.25. The molecule has 0 amide bonds. The number of ether oxygens (including phenoxy) is 1. The van der Waals surface area contributed by atoms with Gasteiger partial charge in [0.1, 0.15) is 23.1 Å². The Kier molecular flexibility index (Phi) is 6.07. The minimum atomic E-state index is -4.09. The van der Waals surface area contributed by atoms with E-state index in [-0.39, 0.29) is 13.1 Å². The predicted octanol–water partition coefficient (Wildman–Crippen LogP) is 0.841. The van der Waals surface area contributed by atoms with Crippen molar-refractivity contribution in [2.75, 3.05) is 33.3 Å². The van der Waals surface area contributed by atoms with Crippen LogP contribution in [-0.4, -0.2) is 52.0 Å². The summed E-state index contributed by atoms with van der Waals surface area (Å²) in [6, 6.07) is 9.50. The van der Waals surface area contributed by atoms with Gasteiger partial charge in [0.25, 0.3) is 0 Å². The van der Waals surface area contributed by atoms with E-state index in [1.807, 2.05) is 6.07 Å². The topological polar surface area (TPSA) is 68.1 Å². The fraction of sp³-hybridized carbons (Fsp3) is 0.316. The summed E-state index contributed by atoms with van der Waals surface area (Å²) < 4.78 is 58.4. The molecule has 0 spiro atoms. The SMILES string of the molecule is COC(=O)c1cccc(C[NH+]2CCN(S(=O)(=O)c3cc(F)ccc3F)CC2)c1. The van der Waals surface area contributed by atoms with Gasteiger partial charge in [0.05, 0.1) is 38.9 Å². The van der Waals surface area contributed by atoms with Crippen molar-refractivity contribution in [2.24, 2.45) is 0 Å². The van der Waals surface area contributed by atoms with Crippen molar-refractivity contribution >= 4 is 16.0 Å². The normalized spacial score (nSPS) is 16.1. The maximum Gasteiger partial charge on any atom is 0.337 e. The first kappa shape index (κ1) is 20.4. The summed E-state index contributed by atoms with van der Waals surface area (Å²) in [7, 11) is -2.77. The van der Waals surface area contributed by atoms with Crippen LogP contribution in [0.15, 0.2) is 47.4 Å². The van der Waals surface area contributed by atoms with Gasteiger partial charge >= 0.3 is 5.97 Å². The highest BCUT2D eigenvalue weighted by atomic mass is 32.2. The molecule has 0 radical (unpaired) electrons. The van der Waals surface area contributed by atoms with Crippen LogP contribution in [0.2, 0.25) is 0 Å². The number of carbonyl (C=O) groups excluding carboxylic acids is 1. The number of methoxy groups -OCH3 is 1. The smallest absolute Gasteiger partial charge is 0.337 e. The van der Waals surface area contributed by atoms with Crippen LogP contribution >= 0.6 is 0 Å². The molecule has 150 valence electrons. The van der Waals surface area contributed by atoms with Crippen molar-refractivity contribution in [3.05, 3.63) is 65.2 Å². The Bertz CT molecular complexity index is 974. The molecule has 0 atom stereocenters. The Morgan fingerprint density at radius 1 is 1.14 bits per heavy atom. The minimum Gasteiger partial charge on any atom is -0.465 e. The molecule has 1 saturated heterocycles. The molecule has 2 aromatic rings. The lowest BCUT2D eigenvalue weighted by molar-refractivity contribution is -0.917. The monoisotopic (exact) mass is 411 g/mol. The summed E-state index contributed by atoms with van der Waals surface area (Å²) in [4.78, 5) is 12.1. The van der Waals surface area contributed by atoms with Gasteiger partial charge < -0.3 is 9.64 Å². The molecule has 0 aliphatic carbocycles. The molecule has 2 aromatic carbocycles. The Balaban J connectivity index is 1.66. The van der Waals surface area contributed by atoms with Crippen LogP contribution in [0.3, 0.4) is 0 Å². The number of carbonyl (C=O) groups is 1. The Hall–Kier alpha value is -2.36. The lowest BCUT2D eigenvalue weighted by Crippen LogP contribution is -3.13. The van der Waals surface area contributed by atoms with Crippen LogP contribution in [0.25, 0.3) is 0 Å². The molecule has 1 aliphatic heterocycles. The van der Waals surface area contributed by atoms with E-state index in [0.717, 1.165) is 22.6 Å². The first-order valence-electron chi connectivity index (χ1n) is 8.77. The van der Waals surface area contributed by atoms with E-state index in [4.69, 9.17) is 4.74 Å². The third-order valence-electron chi connectivity index (χ3n) is 4.74. The molecule has 1 aliphatic rings. The summed E-state index contributed by atoms with van der Waals surface area (Å²) in [5.41, 5.74) is 1.40. The van der Waals surface area contributed by atoms with Gasteiger partial charge in [-0.15, -0.1) is 0 Å². The molecule has 3 rings (SSSR count). The second kappa shape index (κ2) is 8.34. The lowest BCUT2D eigenvalue weighted by Gasteiger charge is -2.31. The van der Waals surface area contributed by atoms with Crippen LogP contribution in [0.1, 0.15) is 15.9 Å². The van der Waals surface area contributed by atoms with Crippen LogP contribution < -0.4 is 4.90 Å². The third kappa shape index (κ3) is 4.37. The molecule has 0 saturated carbocycles. The number of benzene rings is 2. The van der Waals surface area contributed by atoms with Gasteiger partial charge in [0, 0.05) is 5.56 Å². The molecule has 0 bridgehead atoms. The van der Waals surface area contributed by atoms with E-state index < -0.39 is 32.5 Å². The highest BCUT2D eigenvalue weighted by Crippen LogP contribution is 2.20. The number of nitrogens with zero attached hydrogens (tertiary/aromatic N) is 1. The summed E-state index contributed by atoms with van der Waals surface area (Å²) in [5.74, 6) is -2.17. The van der Waals surface area contributed by atoms with Gasteiger partial charge in [-0.25, -0.2) is 22.0 Å². The zero-order valence-corrected chi connectivity index (χ0v) is 16.1. The maximum atomic E-state index is 13.9. The van der Waals surface area contributed by atoms with Crippen LogP contribution in [0.4, 0.5) is 8.78 Å². The van der Waals surface area contributed by atoms with Gasteiger partial charge in [0.15, 0.2) is 0 Å². The number of halogens is 2. The summed E-state index contributed by atoms with van der Waals surface area (Å²) >= 11 is 0. The summed E-state index contributed by atoms with van der Waals surface area (Å²) in [6.45, 7) is 2.04. The van der Waals surface area contributed by atoms with E-state index in [2.05, 4.69) is 0 Å². The highest BCUT2D eigenvalue weighted by molar-refractivity contribution is 7.89. The zero-order chi connectivity index (χ0) is 20.3. The van der Waals surface area contributed by atoms with E-state index in [9.17, 15) is 22.0 Å². The second-order valence-corrected chi connectivity index (χ2v) is 8.50. The van der Waals surface area contributed by atoms with Crippen LogP contribution in [0.5, 0.6) is 0 Å². The molecule has 28 heavy (non-hydrogen) atoms. The molecule has 6 nitrogen and oxygen atoms in total. The molecule has 1 heterocycles. The number of piperazine rings is 1. The van der Waals surface area contributed by atoms with Gasteiger partial charge in [-0.3, -0.25) is 0 Å². The number of nitrogens with one attached hydrogen (secondary N) is 1. The van der Waals surface area contributed by atoms with Gasteiger partial charge in [0.2, 0.25) is 10.0 Å². The van der Waals surface area contributed by atoms with Crippen molar-refractivity contribution in [1.82, 2.24) is 4.31 Å². The van der Waals surface area contributed by atoms with E-state index in [1.54, 1.807) is 18.2 Å². The predicted molar refractivity (Wildman–Crippen MR) is 97.3 cm³/mol. The third-order valence-corrected chi connectivity index (χ3v) is 6.66. The van der Waals surface area contributed by atoms with E-state index in [0.29, 0.717) is 31.3 Å². The Labute approximate surface area is 162 Å². The second-order valence-electron chi connectivity index (χ2n) is 6.60. The van der Waals surface area contributed by atoms with Gasteiger partial charge in [-0.05, 0) is 30.3 Å². The number of hydrogen-bond donors (Lipinski definition) is 1. The average Bonchev–Trinajstić information content (AvgIpc) is 2.69. The van der Waals surface area contributed by atoms with E-state index in [1.165, 1.54) is 11.4 Å². The van der Waals surface area contributed by atoms with Crippen molar-refractivity contribution in [3.8, 4) is 0 Å². The first-order valence-corrected chi connectivity index (χ1v) is 10.2. The quantitative estimate of drug-likeness (QED) is 0.741. The average molecular weight is 411 g/mol. The zero-order valence-electron chi connectivity index (χ0n) is 15.3. The molecular formula is C19H21F2N2O4S+. The van der Waals surface area contributed by atoms with E-state index >= 15 is 0 Å². The Morgan fingerprint density at radius 3 is 2.54 bits per heavy atom. The Morgan fingerprint density at radius 2 is 1.86 bits per heavy atom. The number of hydrogen-bond acceptors (Lipinski definition) is 4. The van der Waals surface area contributed by atoms with Crippen molar-refractivity contribution < 1.29 is 31.6 Å². The number of sulfonamides is 1. The molecule has 9 heteroatoms. The number of rotatable bonds is 5. The number of esters is 1. The lowest BCUT2D eigenvalue weighted by atomic mass is 10.1. The number of quaternary nitrogens is 1. The van der Waals surface area contributed by atoms with Gasteiger partial charge in [-0.1, -0.05) is 12.1 Å². The molecule has 1 N–H and O–H groups in total. The minimum absolute atomic E-state index is 0.199. The molecule has 0 aromatic heterocycles. The maximum absolute atomic E-state index is 13.9. The molecule has 0 unspecified atom stereocenters. The van der Waals surface area contributed by atoms with Crippen LogP contribution in [0, 0.1) is 11.6 Å². The van der Waals surface area contributed by atoms with Crippen molar-refractivity contribution in [1.29, 1.82) is 0 Å².